The summed E-state index contributed by atoms with van der Waals surface area (Å²) in [7, 11) is 0. The van der Waals surface area contributed by atoms with E-state index in [9.17, 15) is 18.0 Å². The number of hydrogen-bond donors (Lipinski definition) is 2. The molecule has 1 aliphatic carbocycles. The summed E-state index contributed by atoms with van der Waals surface area (Å²) in [4.78, 5) is 11.9. The van der Waals surface area contributed by atoms with Crippen LogP contribution < -0.4 is 10.6 Å². The van der Waals surface area contributed by atoms with Crippen LogP contribution in [0.3, 0.4) is 0 Å². The van der Waals surface area contributed by atoms with Crippen molar-refractivity contribution >= 4 is 23.2 Å². The number of carbonyl (C=O) groups excluding carboxylic acids is 1. The molecule has 1 aromatic carbocycles. The second kappa shape index (κ2) is 8.02. The number of hydrogen-bond acceptors (Lipinski definition) is 2. The van der Waals surface area contributed by atoms with Gasteiger partial charge in [-0.1, -0.05) is 30.9 Å². The number of rotatable bonds is 5. The topological polar surface area (TPSA) is 41.1 Å². The summed E-state index contributed by atoms with van der Waals surface area (Å²) in [6.07, 6.45) is 1.56. The van der Waals surface area contributed by atoms with Crippen molar-refractivity contribution in [3.8, 4) is 0 Å². The maximum atomic E-state index is 12.7. The maximum Gasteiger partial charge on any atom is 0.416 e. The summed E-state index contributed by atoms with van der Waals surface area (Å²) < 4.78 is 38.0. The summed E-state index contributed by atoms with van der Waals surface area (Å²) in [6, 6.07) is 2.87. The highest BCUT2D eigenvalue weighted by molar-refractivity contribution is 6.33. The number of nitrogens with one attached hydrogen (secondary N) is 2. The first-order valence-electron chi connectivity index (χ1n) is 7.73. The first kappa shape index (κ1) is 18.1. The SMILES string of the molecule is O=C(CNCC1CCCCC1)Nc1cc(C(F)(F)F)ccc1Cl. The van der Waals surface area contributed by atoms with Crippen LogP contribution in [0.2, 0.25) is 5.02 Å². The maximum absolute atomic E-state index is 12.7. The zero-order valence-electron chi connectivity index (χ0n) is 12.7. The molecular weight excluding hydrogens is 329 g/mol. The van der Waals surface area contributed by atoms with Crippen LogP contribution in [-0.4, -0.2) is 19.0 Å². The Hall–Kier alpha value is -1.27. The Morgan fingerprint density at radius 2 is 1.91 bits per heavy atom. The summed E-state index contributed by atoms with van der Waals surface area (Å²) in [5.74, 6) is 0.177. The van der Waals surface area contributed by atoms with Crippen LogP contribution in [0.5, 0.6) is 0 Å². The Labute approximate surface area is 138 Å². The first-order chi connectivity index (χ1) is 10.9. The van der Waals surface area contributed by atoms with Crippen LogP contribution in [0.1, 0.15) is 37.7 Å². The predicted molar refractivity (Wildman–Crippen MR) is 84.5 cm³/mol. The average molecular weight is 349 g/mol. The first-order valence-corrected chi connectivity index (χ1v) is 8.11. The fourth-order valence-corrected chi connectivity index (χ4v) is 2.94. The minimum atomic E-state index is -4.47. The summed E-state index contributed by atoms with van der Waals surface area (Å²) >= 11 is 5.84. The molecule has 2 rings (SSSR count). The molecule has 0 aromatic heterocycles. The molecule has 2 N–H and O–H groups in total. The van der Waals surface area contributed by atoms with E-state index < -0.39 is 17.6 Å². The summed E-state index contributed by atoms with van der Waals surface area (Å²) in [5.41, 5.74) is -0.863. The zero-order valence-corrected chi connectivity index (χ0v) is 13.4. The molecule has 0 saturated heterocycles. The molecule has 1 aliphatic rings. The number of alkyl halides is 3. The van der Waals surface area contributed by atoms with Gasteiger partial charge in [-0.15, -0.1) is 0 Å². The van der Waals surface area contributed by atoms with Crippen LogP contribution in [-0.2, 0) is 11.0 Å². The van der Waals surface area contributed by atoms with Crippen molar-refractivity contribution in [3.05, 3.63) is 28.8 Å². The van der Waals surface area contributed by atoms with Crippen LogP contribution >= 0.6 is 11.6 Å². The molecule has 7 heteroatoms. The highest BCUT2D eigenvalue weighted by Crippen LogP contribution is 2.33. The van der Waals surface area contributed by atoms with Crippen LogP contribution in [0, 0.1) is 5.92 Å². The number of carbonyl (C=O) groups is 1. The van der Waals surface area contributed by atoms with Crippen LogP contribution in [0.4, 0.5) is 18.9 Å². The van der Waals surface area contributed by atoms with Gasteiger partial charge < -0.3 is 10.6 Å². The second-order valence-corrected chi connectivity index (χ2v) is 6.28. The highest BCUT2D eigenvalue weighted by atomic mass is 35.5. The lowest BCUT2D eigenvalue weighted by Gasteiger charge is -2.21. The van der Waals surface area contributed by atoms with Gasteiger partial charge in [0.2, 0.25) is 5.91 Å². The molecule has 0 heterocycles. The lowest BCUT2D eigenvalue weighted by Crippen LogP contribution is -2.32. The average Bonchev–Trinajstić information content (AvgIpc) is 2.49. The minimum absolute atomic E-state index is 0.0223. The van der Waals surface area contributed by atoms with E-state index in [1.807, 2.05) is 0 Å². The molecular formula is C16H20ClF3N2O. The van der Waals surface area contributed by atoms with E-state index in [1.165, 1.54) is 19.3 Å². The Morgan fingerprint density at radius 1 is 1.22 bits per heavy atom. The zero-order chi connectivity index (χ0) is 16.9. The third-order valence-electron chi connectivity index (χ3n) is 4.01. The Morgan fingerprint density at radius 3 is 2.57 bits per heavy atom. The van der Waals surface area contributed by atoms with Crippen molar-refractivity contribution in [1.29, 1.82) is 0 Å². The lowest BCUT2D eigenvalue weighted by molar-refractivity contribution is -0.137. The molecule has 1 aromatic rings. The van der Waals surface area contributed by atoms with E-state index in [2.05, 4.69) is 10.6 Å². The largest absolute Gasteiger partial charge is 0.416 e. The molecule has 0 spiro atoms. The molecule has 0 radical (unpaired) electrons. The van der Waals surface area contributed by atoms with Gasteiger partial charge in [-0.05, 0) is 43.5 Å². The van der Waals surface area contributed by atoms with Gasteiger partial charge in [0.15, 0.2) is 0 Å². The Kier molecular flexibility index (Phi) is 6.30. The van der Waals surface area contributed by atoms with E-state index in [1.54, 1.807) is 0 Å². The van der Waals surface area contributed by atoms with Crippen molar-refractivity contribution in [2.75, 3.05) is 18.4 Å². The lowest BCUT2D eigenvalue weighted by atomic mass is 9.89. The molecule has 23 heavy (non-hydrogen) atoms. The van der Waals surface area contributed by atoms with Crippen molar-refractivity contribution in [1.82, 2.24) is 5.32 Å². The third-order valence-corrected chi connectivity index (χ3v) is 4.34. The molecule has 0 aliphatic heterocycles. The molecule has 0 atom stereocenters. The van der Waals surface area contributed by atoms with Crippen molar-refractivity contribution < 1.29 is 18.0 Å². The molecule has 0 unspecified atom stereocenters. The fraction of sp³-hybridized carbons (Fsp3) is 0.562. The van der Waals surface area contributed by atoms with Crippen molar-refractivity contribution in [2.45, 2.75) is 38.3 Å². The Bertz CT molecular complexity index is 543. The summed E-state index contributed by atoms with van der Waals surface area (Å²) in [6.45, 7) is 0.812. The molecule has 3 nitrogen and oxygen atoms in total. The molecule has 1 amide bonds. The monoisotopic (exact) mass is 348 g/mol. The second-order valence-electron chi connectivity index (χ2n) is 5.88. The van der Waals surface area contributed by atoms with E-state index in [0.717, 1.165) is 37.6 Å². The van der Waals surface area contributed by atoms with Gasteiger partial charge in [-0.25, -0.2) is 0 Å². The quantitative estimate of drug-likeness (QED) is 0.824. The normalized spacial score (nSPS) is 16.3. The predicted octanol–water partition coefficient (Wildman–Crippen LogP) is 4.47. The highest BCUT2D eigenvalue weighted by Gasteiger charge is 2.31. The van der Waals surface area contributed by atoms with Gasteiger partial charge >= 0.3 is 6.18 Å². The number of halogens is 4. The van der Waals surface area contributed by atoms with Gasteiger partial charge in [-0.3, -0.25) is 4.79 Å². The molecule has 0 bridgehead atoms. The molecule has 1 fully saturated rings. The van der Waals surface area contributed by atoms with Gasteiger partial charge in [-0.2, -0.15) is 13.2 Å². The van der Waals surface area contributed by atoms with Gasteiger partial charge in [0.1, 0.15) is 0 Å². The Balaban J connectivity index is 1.84. The van der Waals surface area contributed by atoms with Crippen LogP contribution in [0.25, 0.3) is 0 Å². The van der Waals surface area contributed by atoms with Gasteiger partial charge in [0.05, 0.1) is 22.8 Å². The summed E-state index contributed by atoms with van der Waals surface area (Å²) in [5, 5.41) is 5.57. The third kappa shape index (κ3) is 5.70. The number of amides is 1. The minimum Gasteiger partial charge on any atom is -0.324 e. The van der Waals surface area contributed by atoms with Crippen molar-refractivity contribution in [2.24, 2.45) is 5.92 Å². The van der Waals surface area contributed by atoms with Gasteiger partial charge in [0, 0.05) is 0 Å². The number of anilines is 1. The van der Waals surface area contributed by atoms with Gasteiger partial charge in [0.25, 0.3) is 0 Å². The van der Waals surface area contributed by atoms with E-state index >= 15 is 0 Å². The smallest absolute Gasteiger partial charge is 0.324 e. The van der Waals surface area contributed by atoms with E-state index in [0.29, 0.717) is 5.92 Å². The van der Waals surface area contributed by atoms with Crippen molar-refractivity contribution in [3.63, 3.8) is 0 Å². The van der Waals surface area contributed by atoms with E-state index in [-0.39, 0.29) is 17.3 Å². The fourth-order valence-electron chi connectivity index (χ4n) is 2.77. The van der Waals surface area contributed by atoms with E-state index in [4.69, 9.17) is 11.6 Å². The number of benzene rings is 1. The van der Waals surface area contributed by atoms with Crippen LogP contribution in [0.15, 0.2) is 18.2 Å². The molecule has 128 valence electrons. The standard InChI is InChI=1S/C16H20ClF3N2O/c17-13-7-6-12(16(18,19)20)8-14(13)22-15(23)10-21-9-11-4-2-1-3-5-11/h6-8,11,21H,1-5,9-10H2,(H,22,23). The molecule has 1 saturated carbocycles.